The van der Waals surface area contributed by atoms with E-state index in [1.54, 1.807) is 35.5 Å². The molecule has 2 atom stereocenters. The van der Waals surface area contributed by atoms with Gasteiger partial charge in [0.25, 0.3) is 0 Å². The van der Waals surface area contributed by atoms with Gasteiger partial charge in [-0.1, -0.05) is 6.07 Å². The highest BCUT2D eigenvalue weighted by Crippen LogP contribution is 2.41. The standard InChI is InChI=1S/C23H37NO7/c1-15(2)31-19(25)13-16-9-8-12-23(29-6,30-7)22(16)24-14-17-10-11-18(26-3)21(28-5)20(17)27-4/h10-11,15-16,22,24H,8-9,12-14H2,1-7H3/t16-,22+/m0/s1. The number of hydrogen-bond acceptors (Lipinski definition) is 8. The van der Waals surface area contributed by atoms with Crippen LogP contribution in [0.25, 0.3) is 0 Å². The smallest absolute Gasteiger partial charge is 0.306 e. The Kier molecular flexibility index (Phi) is 9.40. The molecule has 1 saturated carbocycles. The third-order valence-corrected chi connectivity index (χ3v) is 5.83. The predicted molar refractivity (Wildman–Crippen MR) is 117 cm³/mol. The van der Waals surface area contributed by atoms with Gasteiger partial charge in [0.2, 0.25) is 5.75 Å². The van der Waals surface area contributed by atoms with Crippen molar-refractivity contribution in [1.29, 1.82) is 0 Å². The van der Waals surface area contributed by atoms with Crippen LogP contribution in [-0.2, 0) is 25.5 Å². The molecular weight excluding hydrogens is 402 g/mol. The molecule has 1 aromatic carbocycles. The first kappa shape index (κ1) is 25.2. The Bertz CT molecular complexity index is 718. The largest absolute Gasteiger partial charge is 0.493 e. The highest BCUT2D eigenvalue weighted by molar-refractivity contribution is 5.70. The van der Waals surface area contributed by atoms with Gasteiger partial charge in [0.05, 0.1) is 39.9 Å². The first-order chi connectivity index (χ1) is 14.8. The van der Waals surface area contributed by atoms with E-state index in [2.05, 4.69) is 5.32 Å². The molecule has 1 aliphatic carbocycles. The van der Waals surface area contributed by atoms with Crippen molar-refractivity contribution in [2.45, 2.75) is 64.0 Å². The van der Waals surface area contributed by atoms with Crippen molar-refractivity contribution in [3.8, 4) is 17.2 Å². The highest BCUT2D eigenvalue weighted by Gasteiger charge is 2.47. The van der Waals surface area contributed by atoms with Crippen LogP contribution in [0.3, 0.4) is 0 Å². The maximum absolute atomic E-state index is 12.4. The summed E-state index contributed by atoms with van der Waals surface area (Å²) in [6, 6.07) is 3.56. The zero-order chi connectivity index (χ0) is 23.0. The van der Waals surface area contributed by atoms with Crippen LogP contribution >= 0.6 is 0 Å². The summed E-state index contributed by atoms with van der Waals surface area (Å²) in [5.41, 5.74) is 0.898. The van der Waals surface area contributed by atoms with Gasteiger partial charge in [-0.2, -0.15) is 0 Å². The predicted octanol–water partition coefficient (Wildman–Crippen LogP) is 3.30. The maximum Gasteiger partial charge on any atom is 0.306 e. The molecule has 0 aliphatic heterocycles. The molecule has 0 aromatic heterocycles. The summed E-state index contributed by atoms with van der Waals surface area (Å²) >= 11 is 0. The normalized spacial score (nSPS) is 20.4. The molecule has 1 N–H and O–H groups in total. The lowest BCUT2D eigenvalue weighted by Gasteiger charge is -2.46. The molecule has 1 fully saturated rings. The molecule has 0 saturated heterocycles. The van der Waals surface area contributed by atoms with Crippen molar-refractivity contribution in [1.82, 2.24) is 5.32 Å². The minimum absolute atomic E-state index is 0.00559. The summed E-state index contributed by atoms with van der Waals surface area (Å²) < 4.78 is 33.6. The highest BCUT2D eigenvalue weighted by atomic mass is 16.7. The minimum Gasteiger partial charge on any atom is -0.493 e. The number of carbonyl (C=O) groups excluding carboxylic acids is 1. The van der Waals surface area contributed by atoms with Crippen molar-refractivity contribution in [2.24, 2.45) is 5.92 Å². The van der Waals surface area contributed by atoms with E-state index in [0.29, 0.717) is 30.2 Å². The Morgan fingerprint density at radius 1 is 1.06 bits per heavy atom. The van der Waals surface area contributed by atoms with Gasteiger partial charge >= 0.3 is 5.97 Å². The molecule has 0 spiro atoms. The Morgan fingerprint density at radius 2 is 1.74 bits per heavy atom. The lowest BCUT2D eigenvalue weighted by atomic mass is 9.77. The maximum atomic E-state index is 12.4. The fraction of sp³-hybridized carbons (Fsp3) is 0.696. The summed E-state index contributed by atoms with van der Waals surface area (Å²) in [4.78, 5) is 12.4. The molecule has 8 nitrogen and oxygen atoms in total. The molecule has 2 rings (SSSR count). The molecule has 0 amide bonds. The van der Waals surface area contributed by atoms with Crippen LogP contribution in [0.15, 0.2) is 12.1 Å². The quantitative estimate of drug-likeness (QED) is 0.415. The van der Waals surface area contributed by atoms with Crippen molar-refractivity contribution >= 4 is 5.97 Å². The van der Waals surface area contributed by atoms with Crippen LogP contribution in [0.4, 0.5) is 0 Å². The van der Waals surface area contributed by atoms with Gasteiger partial charge in [-0.25, -0.2) is 0 Å². The average Bonchev–Trinajstić information content (AvgIpc) is 2.76. The van der Waals surface area contributed by atoms with Crippen molar-refractivity contribution < 1.29 is 33.2 Å². The third kappa shape index (κ3) is 5.81. The molecule has 1 aromatic rings. The summed E-state index contributed by atoms with van der Waals surface area (Å²) in [5.74, 6) is 0.698. The molecule has 8 heteroatoms. The summed E-state index contributed by atoms with van der Waals surface area (Å²) in [6.07, 6.45) is 2.67. The number of benzene rings is 1. The molecule has 1 aliphatic rings. The fourth-order valence-corrected chi connectivity index (χ4v) is 4.42. The monoisotopic (exact) mass is 439 g/mol. The number of esters is 1. The zero-order valence-electron chi connectivity index (χ0n) is 19.8. The van der Waals surface area contributed by atoms with Crippen LogP contribution in [-0.4, -0.2) is 59.5 Å². The SMILES string of the molecule is COc1ccc(CN[C@@H]2[C@H](CC(=O)OC(C)C)CCCC2(OC)OC)c(OC)c1OC. The van der Waals surface area contributed by atoms with Crippen LogP contribution in [0.5, 0.6) is 17.2 Å². The molecule has 0 unspecified atom stereocenters. The van der Waals surface area contributed by atoms with Crippen LogP contribution < -0.4 is 19.5 Å². The second-order valence-electron chi connectivity index (χ2n) is 7.97. The first-order valence-electron chi connectivity index (χ1n) is 10.7. The average molecular weight is 440 g/mol. The lowest BCUT2D eigenvalue weighted by molar-refractivity contribution is -0.249. The van der Waals surface area contributed by atoms with E-state index in [-0.39, 0.29) is 24.0 Å². The van der Waals surface area contributed by atoms with Crippen molar-refractivity contribution in [3.05, 3.63) is 17.7 Å². The van der Waals surface area contributed by atoms with E-state index in [1.807, 2.05) is 26.0 Å². The van der Waals surface area contributed by atoms with Crippen molar-refractivity contribution in [3.63, 3.8) is 0 Å². The van der Waals surface area contributed by atoms with Gasteiger partial charge in [-0.05, 0) is 38.7 Å². The Morgan fingerprint density at radius 3 is 2.29 bits per heavy atom. The second-order valence-corrected chi connectivity index (χ2v) is 7.97. The molecule has 0 radical (unpaired) electrons. The van der Waals surface area contributed by atoms with E-state index in [4.69, 9.17) is 28.4 Å². The molecular formula is C23H37NO7. The van der Waals surface area contributed by atoms with Gasteiger partial charge in [0, 0.05) is 32.7 Å². The Hall–Kier alpha value is -2.03. The Labute approximate surface area is 185 Å². The number of methoxy groups -OCH3 is 5. The van der Waals surface area contributed by atoms with E-state index in [1.165, 1.54) is 0 Å². The molecule has 31 heavy (non-hydrogen) atoms. The van der Waals surface area contributed by atoms with Gasteiger partial charge in [0.1, 0.15) is 0 Å². The van der Waals surface area contributed by atoms with E-state index < -0.39 is 5.79 Å². The minimum atomic E-state index is -0.829. The number of nitrogens with one attached hydrogen (secondary N) is 1. The van der Waals surface area contributed by atoms with Gasteiger partial charge in [0.15, 0.2) is 17.3 Å². The summed E-state index contributed by atoms with van der Waals surface area (Å²) in [5, 5.41) is 3.57. The number of rotatable bonds is 11. The molecule has 176 valence electrons. The van der Waals surface area contributed by atoms with Crippen LogP contribution in [0.2, 0.25) is 0 Å². The summed E-state index contributed by atoms with van der Waals surface area (Å²) in [7, 11) is 8.05. The lowest BCUT2D eigenvalue weighted by Crippen LogP contribution is -2.59. The van der Waals surface area contributed by atoms with E-state index >= 15 is 0 Å². The van der Waals surface area contributed by atoms with Gasteiger partial charge in [-0.15, -0.1) is 0 Å². The molecule has 0 bridgehead atoms. The topological polar surface area (TPSA) is 84.5 Å². The van der Waals surface area contributed by atoms with Crippen LogP contribution in [0, 0.1) is 5.92 Å². The number of ether oxygens (including phenoxy) is 6. The molecule has 0 heterocycles. The summed E-state index contributed by atoms with van der Waals surface area (Å²) in [6.45, 7) is 4.18. The fourth-order valence-electron chi connectivity index (χ4n) is 4.42. The second kappa shape index (κ2) is 11.5. The van der Waals surface area contributed by atoms with Gasteiger partial charge < -0.3 is 33.7 Å². The van der Waals surface area contributed by atoms with E-state index in [9.17, 15) is 4.79 Å². The Balaban J connectivity index is 2.29. The first-order valence-corrected chi connectivity index (χ1v) is 10.7. The zero-order valence-corrected chi connectivity index (χ0v) is 19.8. The third-order valence-electron chi connectivity index (χ3n) is 5.83. The van der Waals surface area contributed by atoms with E-state index in [0.717, 1.165) is 24.8 Å². The van der Waals surface area contributed by atoms with Gasteiger partial charge in [-0.3, -0.25) is 4.79 Å². The number of hydrogen-bond donors (Lipinski definition) is 1. The van der Waals surface area contributed by atoms with Crippen molar-refractivity contribution in [2.75, 3.05) is 35.5 Å². The number of carbonyl (C=O) groups is 1. The van der Waals surface area contributed by atoms with Crippen LogP contribution in [0.1, 0.15) is 45.1 Å².